The molecule has 2 aromatic heterocycles. The zero-order valence-corrected chi connectivity index (χ0v) is 15.0. The Morgan fingerprint density at radius 3 is 2.75 bits per heavy atom. The fraction of sp³-hybridized carbons (Fsp3) is 0.333. The van der Waals surface area contributed by atoms with Crippen molar-refractivity contribution in [3.63, 3.8) is 0 Å². The molecule has 0 unspecified atom stereocenters. The summed E-state index contributed by atoms with van der Waals surface area (Å²) in [4.78, 5) is 12.3. The van der Waals surface area contributed by atoms with E-state index in [0.29, 0.717) is 0 Å². The summed E-state index contributed by atoms with van der Waals surface area (Å²) in [7, 11) is 1.99. The summed E-state index contributed by atoms with van der Waals surface area (Å²) < 4.78 is 4.32. The van der Waals surface area contributed by atoms with Gasteiger partial charge in [0.2, 0.25) is 0 Å². The molecule has 0 fully saturated rings. The minimum atomic E-state index is 0.799. The molecule has 0 spiro atoms. The number of fused-ring (bicyclic) bond motifs is 1. The summed E-state index contributed by atoms with van der Waals surface area (Å²) in [5.41, 5.74) is 1.90. The third-order valence-electron chi connectivity index (χ3n) is 2.25. The summed E-state index contributed by atoms with van der Waals surface area (Å²) in [5.74, 6) is 1.78. The summed E-state index contributed by atoms with van der Waals surface area (Å²) in [6, 6.07) is 0. The van der Waals surface area contributed by atoms with Crippen molar-refractivity contribution in [3.05, 3.63) is 9.50 Å². The third kappa shape index (κ3) is 2.16. The van der Waals surface area contributed by atoms with E-state index in [1.807, 2.05) is 25.5 Å². The fourth-order valence-corrected chi connectivity index (χ4v) is 2.59. The topological polar surface area (TPSA) is 58.5 Å². The number of imidazole rings is 1. The van der Waals surface area contributed by atoms with Gasteiger partial charge in [0.05, 0.1) is 0 Å². The van der Waals surface area contributed by atoms with Crippen LogP contribution in [0.3, 0.4) is 0 Å². The van der Waals surface area contributed by atoms with Crippen molar-refractivity contribution in [2.75, 3.05) is 5.32 Å². The summed E-state index contributed by atoms with van der Waals surface area (Å²) in [6.07, 6.45) is 0. The Morgan fingerprint density at radius 1 is 1.44 bits per heavy atom. The van der Waals surface area contributed by atoms with E-state index < -0.39 is 0 Å². The maximum atomic E-state index is 4.54. The van der Waals surface area contributed by atoms with Crippen LogP contribution >= 0.6 is 0 Å². The van der Waals surface area contributed by atoms with Gasteiger partial charge in [0.25, 0.3) is 0 Å². The summed E-state index contributed by atoms with van der Waals surface area (Å²) >= 11 is 2.78. The molecule has 0 radical (unpaired) electrons. The second-order valence-corrected chi connectivity index (χ2v) is 7.15. The van der Waals surface area contributed by atoms with E-state index in [2.05, 4.69) is 20.3 Å². The van der Waals surface area contributed by atoms with E-state index in [-0.39, 0.29) is 0 Å². The predicted octanol–water partition coefficient (Wildman–Crippen LogP) is 0.792. The Kier molecular flexibility index (Phi) is 3.36. The number of H-pyrrole nitrogens is 1. The molecule has 0 aliphatic heterocycles. The number of aromatic nitrogens is 4. The Bertz CT molecular complexity index is 625. The monoisotopic (exact) mass is 557 g/mol. The Hall–Kier alpha value is -0.403. The Labute approximate surface area is 115 Å². The van der Waals surface area contributed by atoms with Crippen LogP contribution in [0.5, 0.6) is 0 Å². The van der Waals surface area contributed by atoms with Crippen LogP contribution < -0.4 is 5.32 Å². The molecular formula is C9H11N5W2. The molecule has 2 N–H and O–H groups in total. The standard InChI is InChI=1S/C9H11N5.2W/c1-4-10-9-11-5-7-8(13-9)14(3)6(2)12-7;;/h1-3H3,(H2,10,11,13);;. The van der Waals surface area contributed by atoms with Crippen LogP contribution in [0.4, 0.5) is 5.95 Å². The third-order valence-corrected chi connectivity index (χ3v) is 3.68. The van der Waals surface area contributed by atoms with Crippen molar-refractivity contribution >= 4 is 21.1 Å². The van der Waals surface area contributed by atoms with E-state index in [0.717, 1.165) is 26.6 Å². The zero-order chi connectivity index (χ0) is 11.9. The van der Waals surface area contributed by atoms with Crippen LogP contribution in [-0.4, -0.2) is 23.5 Å². The van der Waals surface area contributed by atoms with Gasteiger partial charge in [-0.3, -0.25) is 0 Å². The van der Waals surface area contributed by atoms with Crippen molar-refractivity contribution in [1.29, 1.82) is 0 Å². The number of aromatic amines is 1. The van der Waals surface area contributed by atoms with Gasteiger partial charge in [0.15, 0.2) is 0 Å². The van der Waals surface area contributed by atoms with Crippen LogP contribution in [0.25, 0.3) is 11.2 Å². The molecule has 2 aromatic rings. The predicted molar refractivity (Wildman–Crippen MR) is 55.1 cm³/mol. The summed E-state index contributed by atoms with van der Waals surface area (Å²) in [5, 5.41) is 3.23. The molecule has 0 atom stereocenters. The Balaban J connectivity index is 2.70. The van der Waals surface area contributed by atoms with Crippen LogP contribution in [0.15, 0.2) is 0 Å². The number of aryl methyl sites for hydroxylation is 2. The first kappa shape index (κ1) is 12.1. The van der Waals surface area contributed by atoms with Gasteiger partial charge in [-0.05, 0) is 0 Å². The van der Waals surface area contributed by atoms with Crippen molar-refractivity contribution in [1.82, 2.24) is 19.5 Å². The summed E-state index contributed by atoms with van der Waals surface area (Å²) in [6.45, 7) is 4.04. The molecule has 84 valence electrons. The second-order valence-electron chi connectivity index (χ2n) is 3.49. The first-order valence-electron chi connectivity index (χ1n) is 4.70. The number of nitrogens with zero attached hydrogens (tertiary/aromatic N) is 3. The van der Waals surface area contributed by atoms with Gasteiger partial charge < -0.3 is 0 Å². The normalized spacial score (nSPS) is 10.7. The van der Waals surface area contributed by atoms with Gasteiger partial charge in [-0.1, -0.05) is 0 Å². The number of anilines is 1. The van der Waals surface area contributed by atoms with E-state index in [1.165, 1.54) is 42.7 Å². The molecule has 2 rings (SSSR count). The molecular weight excluding hydrogens is 546 g/mol. The van der Waals surface area contributed by atoms with E-state index >= 15 is 0 Å². The minimum absolute atomic E-state index is 0.799. The molecule has 0 saturated carbocycles. The second kappa shape index (κ2) is 4.46. The number of hydrogen-bond acceptors (Lipinski definition) is 3. The molecule has 0 aliphatic carbocycles. The van der Waals surface area contributed by atoms with Crippen molar-refractivity contribution in [2.24, 2.45) is 7.05 Å². The van der Waals surface area contributed by atoms with E-state index in [1.54, 1.807) is 0 Å². The first-order valence-corrected chi connectivity index (χ1v) is 7.63. The van der Waals surface area contributed by atoms with Gasteiger partial charge in [0.1, 0.15) is 0 Å². The van der Waals surface area contributed by atoms with Crippen LogP contribution in [-0.2, 0) is 45.8 Å². The quantitative estimate of drug-likeness (QED) is 0.575. The molecule has 16 heavy (non-hydrogen) atoms. The van der Waals surface area contributed by atoms with Gasteiger partial charge >= 0.3 is 115 Å². The fourth-order valence-electron chi connectivity index (χ4n) is 1.41. The molecule has 0 bridgehead atoms. The molecule has 0 aromatic carbocycles. The Morgan fingerprint density at radius 2 is 2.12 bits per heavy atom. The number of nitrogens with one attached hydrogen (secondary N) is 2. The van der Waals surface area contributed by atoms with Crippen LogP contribution in [0.1, 0.15) is 12.7 Å². The van der Waals surface area contributed by atoms with Crippen LogP contribution in [0, 0.1) is 10.6 Å². The van der Waals surface area contributed by atoms with Gasteiger partial charge in [-0.2, -0.15) is 0 Å². The molecule has 0 amide bonds. The van der Waals surface area contributed by atoms with Crippen LogP contribution in [0.2, 0.25) is 0 Å². The first-order chi connectivity index (χ1) is 7.49. The van der Waals surface area contributed by atoms with Gasteiger partial charge in [-0.25, -0.2) is 0 Å². The average Bonchev–Trinajstić information content (AvgIpc) is 2.45. The molecule has 0 saturated heterocycles. The van der Waals surface area contributed by atoms with Gasteiger partial charge in [0, 0.05) is 0 Å². The average molecular weight is 557 g/mol. The molecule has 5 nitrogen and oxygen atoms in total. The van der Waals surface area contributed by atoms with Crippen molar-refractivity contribution < 1.29 is 38.7 Å². The molecule has 2 heterocycles. The molecule has 7 heteroatoms. The SMILES string of the molecule is C[C](=[W])Nc1nc2c(nc(C)n2C)[c](=[W])[nH]1. The van der Waals surface area contributed by atoms with Crippen molar-refractivity contribution in [2.45, 2.75) is 13.8 Å². The number of rotatable bonds is 2. The molecule has 0 aliphatic rings. The number of hydrogen-bond donors (Lipinski definition) is 2. The van der Waals surface area contributed by atoms with Gasteiger partial charge in [-0.15, -0.1) is 0 Å². The van der Waals surface area contributed by atoms with E-state index in [4.69, 9.17) is 0 Å². The van der Waals surface area contributed by atoms with E-state index in [9.17, 15) is 0 Å². The maximum absolute atomic E-state index is 4.54. The van der Waals surface area contributed by atoms with Crippen molar-refractivity contribution in [3.8, 4) is 0 Å². The zero-order valence-electron chi connectivity index (χ0n) is 9.16.